The second-order valence-electron chi connectivity index (χ2n) is 7.53. The summed E-state index contributed by atoms with van der Waals surface area (Å²) in [7, 11) is 0. The SMILES string of the molecule is CC(=O)N(CCC(=O)N1c2ccccc2CC1C)c1ccc(OC(C)C)cc1. The number of para-hydroxylation sites is 1. The van der Waals surface area contributed by atoms with Crippen LogP contribution in [0.25, 0.3) is 0 Å². The third-order valence-electron chi connectivity index (χ3n) is 4.93. The molecule has 3 rings (SSSR count). The molecule has 0 saturated carbocycles. The molecule has 5 heteroatoms. The fraction of sp³-hybridized carbons (Fsp3) is 0.391. The maximum atomic E-state index is 12.9. The number of anilines is 2. The number of ether oxygens (including phenoxy) is 1. The topological polar surface area (TPSA) is 49.9 Å². The molecule has 5 nitrogen and oxygen atoms in total. The van der Waals surface area contributed by atoms with E-state index in [2.05, 4.69) is 13.0 Å². The summed E-state index contributed by atoms with van der Waals surface area (Å²) in [5.74, 6) is 0.726. The first kappa shape index (κ1) is 19.9. The van der Waals surface area contributed by atoms with Gasteiger partial charge in [0.15, 0.2) is 0 Å². The lowest BCUT2D eigenvalue weighted by molar-refractivity contribution is -0.119. The molecule has 28 heavy (non-hydrogen) atoms. The molecule has 1 heterocycles. The first-order chi connectivity index (χ1) is 13.4. The highest BCUT2D eigenvalue weighted by Crippen LogP contribution is 2.32. The predicted molar refractivity (Wildman–Crippen MR) is 112 cm³/mol. The number of hydrogen-bond donors (Lipinski definition) is 0. The van der Waals surface area contributed by atoms with Gasteiger partial charge in [-0.15, -0.1) is 0 Å². The van der Waals surface area contributed by atoms with Crippen molar-refractivity contribution in [3.05, 3.63) is 54.1 Å². The highest BCUT2D eigenvalue weighted by Gasteiger charge is 2.30. The first-order valence-corrected chi connectivity index (χ1v) is 9.81. The van der Waals surface area contributed by atoms with E-state index in [1.807, 2.05) is 61.2 Å². The molecule has 1 aliphatic rings. The van der Waals surface area contributed by atoms with Crippen molar-refractivity contribution in [1.82, 2.24) is 0 Å². The predicted octanol–water partition coefficient (Wildman–Crippen LogP) is 4.19. The molecule has 1 atom stereocenters. The summed E-state index contributed by atoms with van der Waals surface area (Å²) in [6.45, 7) is 7.88. The fourth-order valence-corrected chi connectivity index (χ4v) is 3.72. The number of rotatable bonds is 6. The van der Waals surface area contributed by atoms with Crippen LogP contribution in [0.15, 0.2) is 48.5 Å². The van der Waals surface area contributed by atoms with Crippen LogP contribution in [-0.4, -0.2) is 30.5 Å². The Kier molecular flexibility index (Phi) is 6.02. The van der Waals surface area contributed by atoms with Gasteiger partial charge in [-0.25, -0.2) is 0 Å². The molecule has 2 aromatic rings. The van der Waals surface area contributed by atoms with E-state index in [-0.39, 0.29) is 30.4 Å². The lowest BCUT2D eigenvalue weighted by Gasteiger charge is -2.26. The van der Waals surface area contributed by atoms with E-state index in [0.29, 0.717) is 6.54 Å². The van der Waals surface area contributed by atoms with Crippen LogP contribution in [0, 0.1) is 0 Å². The number of hydrogen-bond acceptors (Lipinski definition) is 3. The number of carbonyl (C=O) groups is 2. The Balaban J connectivity index is 1.68. The van der Waals surface area contributed by atoms with Gasteiger partial charge in [-0.2, -0.15) is 0 Å². The highest BCUT2D eigenvalue weighted by atomic mass is 16.5. The number of nitrogens with zero attached hydrogens (tertiary/aromatic N) is 2. The van der Waals surface area contributed by atoms with E-state index in [9.17, 15) is 9.59 Å². The van der Waals surface area contributed by atoms with Crippen molar-refractivity contribution < 1.29 is 14.3 Å². The van der Waals surface area contributed by atoms with E-state index >= 15 is 0 Å². The maximum Gasteiger partial charge on any atom is 0.229 e. The molecule has 0 radical (unpaired) electrons. The van der Waals surface area contributed by atoms with Gasteiger partial charge in [-0.1, -0.05) is 18.2 Å². The van der Waals surface area contributed by atoms with E-state index in [1.54, 1.807) is 4.90 Å². The third kappa shape index (κ3) is 4.35. The molecule has 2 amide bonds. The Bertz CT molecular complexity index is 845. The van der Waals surface area contributed by atoms with E-state index in [4.69, 9.17) is 4.74 Å². The van der Waals surface area contributed by atoms with Crippen LogP contribution in [-0.2, 0) is 16.0 Å². The molecule has 2 aromatic carbocycles. The Morgan fingerprint density at radius 1 is 1.14 bits per heavy atom. The molecule has 1 unspecified atom stereocenters. The van der Waals surface area contributed by atoms with Crippen LogP contribution in [0.1, 0.15) is 39.7 Å². The van der Waals surface area contributed by atoms with Gasteiger partial charge in [0.1, 0.15) is 5.75 Å². The average Bonchev–Trinajstić information content (AvgIpc) is 2.98. The molecule has 0 fully saturated rings. The quantitative estimate of drug-likeness (QED) is 0.755. The molecular formula is C23H28N2O3. The lowest BCUT2D eigenvalue weighted by atomic mass is 10.1. The van der Waals surface area contributed by atoms with Gasteiger partial charge in [0.05, 0.1) is 6.10 Å². The zero-order valence-electron chi connectivity index (χ0n) is 17.0. The monoisotopic (exact) mass is 380 g/mol. The number of fused-ring (bicyclic) bond motifs is 1. The lowest BCUT2D eigenvalue weighted by Crippen LogP contribution is -2.39. The molecule has 1 aliphatic heterocycles. The normalized spacial score (nSPS) is 15.5. The van der Waals surface area contributed by atoms with Crippen molar-refractivity contribution in [1.29, 1.82) is 0 Å². The summed E-state index contributed by atoms with van der Waals surface area (Å²) >= 11 is 0. The van der Waals surface area contributed by atoms with Crippen LogP contribution in [0.5, 0.6) is 5.75 Å². The second kappa shape index (κ2) is 8.46. The van der Waals surface area contributed by atoms with Crippen molar-refractivity contribution in [3.8, 4) is 5.75 Å². The van der Waals surface area contributed by atoms with Crippen LogP contribution in [0.3, 0.4) is 0 Å². The maximum absolute atomic E-state index is 12.9. The summed E-state index contributed by atoms with van der Waals surface area (Å²) in [4.78, 5) is 28.6. The van der Waals surface area contributed by atoms with Crippen molar-refractivity contribution in [2.75, 3.05) is 16.3 Å². The zero-order chi connectivity index (χ0) is 20.3. The van der Waals surface area contributed by atoms with E-state index in [1.165, 1.54) is 12.5 Å². The molecular weight excluding hydrogens is 352 g/mol. The summed E-state index contributed by atoms with van der Waals surface area (Å²) in [5.41, 5.74) is 2.96. The Morgan fingerprint density at radius 3 is 2.46 bits per heavy atom. The van der Waals surface area contributed by atoms with Crippen molar-refractivity contribution >= 4 is 23.2 Å². The Hall–Kier alpha value is -2.82. The van der Waals surface area contributed by atoms with Crippen molar-refractivity contribution in [3.63, 3.8) is 0 Å². The van der Waals surface area contributed by atoms with Gasteiger partial charge >= 0.3 is 0 Å². The number of amides is 2. The van der Waals surface area contributed by atoms with Gasteiger partial charge in [0.2, 0.25) is 11.8 Å². The fourth-order valence-electron chi connectivity index (χ4n) is 3.72. The number of carbonyl (C=O) groups excluding carboxylic acids is 2. The van der Waals surface area contributed by atoms with E-state index in [0.717, 1.165) is 23.5 Å². The molecule has 0 spiro atoms. The van der Waals surface area contributed by atoms with Gasteiger partial charge in [0.25, 0.3) is 0 Å². The molecule has 0 aliphatic carbocycles. The molecule has 0 N–H and O–H groups in total. The van der Waals surface area contributed by atoms with Crippen LogP contribution in [0.2, 0.25) is 0 Å². The first-order valence-electron chi connectivity index (χ1n) is 9.81. The summed E-state index contributed by atoms with van der Waals surface area (Å²) in [6.07, 6.45) is 1.25. The Morgan fingerprint density at radius 2 is 1.82 bits per heavy atom. The molecule has 148 valence electrons. The van der Waals surface area contributed by atoms with Crippen LogP contribution >= 0.6 is 0 Å². The zero-order valence-corrected chi connectivity index (χ0v) is 17.0. The van der Waals surface area contributed by atoms with Crippen molar-refractivity contribution in [2.24, 2.45) is 0 Å². The minimum Gasteiger partial charge on any atom is -0.491 e. The largest absolute Gasteiger partial charge is 0.491 e. The standard InChI is InChI=1S/C23H28N2O3/c1-16(2)28-21-11-9-20(10-12-21)24(18(4)26)14-13-23(27)25-17(3)15-19-7-5-6-8-22(19)25/h5-12,16-17H,13-15H2,1-4H3. The molecule has 0 aromatic heterocycles. The van der Waals surface area contributed by atoms with Gasteiger partial charge in [-0.05, 0) is 63.1 Å². The summed E-state index contributed by atoms with van der Waals surface area (Å²) in [6, 6.07) is 15.6. The average molecular weight is 380 g/mol. The molecule has 0 bridgehead atoms. The second-order valence-corrected chi connectivity index (χ2v) is 7.53. The highest BCUT2D eigenvalue weighted by molar-refractivity contribution is 5.98. The Labute approximate surface area is 166 Å². The third-order valence-corrected chi connectivity index (χ3v) is 4.93. The number of benzene rings is 2. The van der Waals surface area contributed by atoms with Crippen LogP contribution < -0.4 is 14.5 Å². The van der Waals surface area contributed by atoms with Gasteiger partial charge < -0.3 is 14.5 Å². The minimum absolute atomic E-state index is 0.0449. The smallest absolute Gasteiger partial charge is 0.229 e. The van der Waals surface area contributed by atoms with Crippen LogP contribution in [0.4, 0.5) is 11.4 Å². The van der Waals surface area contributed by atoms with E-state index < -0.39 is 0 Å². The van der Waals surface area contributed by atoms with Gasteiger partial charge in [-0.3, -0.25) is 9.59 Å². The summed E-state index contributed by atoms with van der Waals surface area (Å²) in [5, 5.41) is 0. The minimum atomic E-state index is -0.0831. The van der Waals surface area contributed by atoms with Gasteiger partial charge in [0, 0.05) is 37.3 Å². The van der Waals surface area contributed by atoms with Crippen molar-refractivity contribution in [2.45, 2.75) is 52.7 Å². The summed E-state index contributed by atoms with van der Waals surface area (Å²) < 4.78 is 5.66. The molecule has 0 saturated heterocycles.